The van der Waals surface area contributed by atoms with Gasteiger partial charge in [-0.2, -0.15) is 13.2 Å². The number of hydrogen-bond acceptors (Lipinski definition) is 5. The minimum absolute atomic E-state index is 0.191. The Morgan fingerprint density at radius 3 is 2.23 bits per heavy atom. The Kier molecular flexibility index (Phi) is 5.76. The molecule has 1 saturated heterocycles. The Labute approximate surface area is 199 Å². The zero-order valence-corrected chi connectivity index (χ0v) is 18.5. The lowest BCUT2D eigenvalue weighted by Gasteiger charge is -2.37. The first-order valence-electron chi connectivity index (χ1n) is 11.1. The standard InChI is InChI=1S/C26H21F3N4O2/c27-26(28,29)20-7-9-23(30-16-20)33-12-10-32(11-13-33)22-15-19-14-18(25(34)35)6-8-21(19)31-24(22)17-4-2-1-3-5-17/h1-9,14-16H,10-13H2,(H,34,35). The van der Waals surface area contributed by atoms with E-state index in [0.717, 1.165) is 34.6 Å². The highest BCUT2D eigenvalue weighted by Gasteiger charge is 2.31. The van der Waals surface area contributed by atoms with Crippen LogP contribution in [-0.4, -0.2) is 47.2 Å². The molecule has 0 unspecified atom stereocenters. The smallest absolute Gasteiger partial charge is 0.417 e. The van der Waals surface area contributed by atoms with Crippen molar-refractivity contribution in [1.82, 2.24) is 9.97 Å². The van der Waals surface area contributed by atoms with Crippen LogP contribution in [0.2, 0.25) is 0 Å². The van der Waals surface area contributed by atoms with E-state index in [0.29, 0.717) is 37.5 Å². The molecule has 5 rings (SSSR count). The summed E-state index contributed by atoms with van der Waals surface area (Å²) < 4.78 is 38.6. The molecular formula is C26H21F3N4O2. The van der Waals surface area contributed by atoms with Gasteiger partial charge < -0.3 is 14.9 Å². The summed E-state index contributed by atoms with van der Waals surface area (Å²) in [4.78, 5) is 24.5. The fraction of sp³-hybridized carbons (Fsp3) is 0.192. The van der Waals surface area contributed by atoms with Crippen molar-refractivity contribution in [3.63, 3.8) is 0 Å². The quantitative estimate of drug-likeness (QED) is 0.427. The fourth-order valence-electron chi connectivity index (χ4n) is 4.27. The number of carboxylic acids is 1. The molecule has 0 aliphatic carbocycles. The van der Waals surface area contributed by atoms with Crippen LogP contribution >= 0.6 is 0 Å². The van der Waals surface area contributed by atoms with Crippen LogP contribution in [0.4, 0.5) is 24.7 Å². The molecule has 3 heterocycles. The van der Waals surface area contributed by atoms with Gasteiger partial charge in [-0.05, 0) is 36.4 Å². The van der Waals surface area contributed by atoms with Crippen molar-refractivity contribution in [2.75, 3.05) is 36.0 Å². The van der Waals surface area contributed by atoms with Gasteiger partial charge in [0.15, 0.2) is 0 Å². The summed E-state index contributed by atoms with van der Waals surface area (Å²) in [6, 6.07) is 19.0. The third-order valence-corrected chi connectivity index (χ3v) is 6.11. The van der Waals surface area contributed by atoms with Gasteiger partial charge in [-0.3, -0.25) is 0 Å². The number of carbonyl (C=O) groups is 1. The van der Waals surface area contributed by atoms with E-state index >= 15 is 0 Å². The monoisotopic (exact) mass is 478 g/mol. The van der Waals surface area contributed by atoms with Crippen molar-refractivity contribution < 1.29 is 23.1 Å². The number of pyridine rings is 2. The molecule has 0 spiro atoms. The number of anilines is 2. The summed E-state index contributed by atoms with van der Waals surface area (Å²) in [5.41, 5.74) is 2.74. The highest BCUT2D eigenvalue weighted by atomic mass is 19.4. The average molecular weight is 478 g/mol. The van der Waals surface area contributed by atoms with Crippen LogP contribution in [0.15, 0.2) is 72.9 Å². The van der Waals surface area contributed by atoms with E-state index in [4.69, 9.17) is 4.98 Å². The van der Waals surface area contributed by atoms with Crippen LogP contribution in [0.1, 0.15) is 15.9 Å². The van der Waals surface area contributed by atoms with Crippen molar-refractivity contribution in [2.24, 2.45) is 0 Å². The Bertz CT molecular complexity index is 1370. The number of carboxylic acid groups (broad SMARTS) is 1. The van der Waals surface area contributed by atoms with E-state index < -0.39 is 17.7 Å². The van der Waals surface area contributed by atoms with Gasteiger partial charge in [0.2, 0.25) is 0 Å². The van der Waals surface area contributed by atoms with Gasteiger partial charge >= 0.3 is 12.1 Å². The Morgan fingerprint density at radius 1 is 0.886 bits per heavy atom. The van der Waals surface area contributed by atoms with E-state index in [2.05, 4.69) is 9.88 Å². The number of fused-ring (bicyclic) bond motifs is 1. The molecule has 2 aromatic carbocycles. The first kappa shape index (κ1) is 22.6. The molecule has 1 N–H and O–H groups in total. The SMILES string of the molecule is O=C(O)c1ccc2nc(-c3ccccc3)c(N3CCN(c4ccc(C(F)(F)F)cn4)CC3)cc2c1. The van der Waals surface area contributed by atoms with Gasteiger partial charge in [0.1, 0.15) is 5.82 Å². The number of nitrogens with zero attached hydrogens (tertiary/aromatic N) is 4. The normalized spacial score (nSPS) is 14.4. The van der Waals surface area contributed by atoms with Crippen LogP contribution in [0.5, 0.6) is 0 Å². The summed E-state index contributed by atoms with van der Waals surface area (Å²) in [5, 5.41) is 10.1. The molecule has 4 aromatic rings. The average Bonchev–Trinajstić information content (AvgIpc) is 2.88. The minimum atomic E-state index is -4.42. The summed E-state index contributed by atoms with van der Waals surface area (Å²) in [6.07, 6.45) is -3.55. The molecular weight excluding hydrogens is 457 g/mol. The first-order chi connectivity index (χ1) is 16.8. The molecule has 0 saturated carbocycles. The third kappa shape index (κ3) is 4.62. The lowest BCUT2D eigenvalue weighted by Crippen LogP contribution is -2.47. The van der Waals surface area contributed by atoms with Crippen LogP contribution in [0.3, 0.4) is 0 Å². The highest BCUT2D eigenvalue weighted by Crippen LogP contribution is 2.34. The maximum absolute atomic E-state index is 12.9. The summed E-state index contributed by atoms with van der Waals surface area (Å²) in [7, 11) is 0. The Balaban J connectivity index is 1.45. The highest BCUT2D eigenvalue weighted by molar-refractivity contribution is 5.96. The molecule has 1 aliphatic heterocycles. The molecule has 1 fully saturated rings. The number of piperazine rings is 1. The predicted molar refractivity (Wildman–Crippen MR) is 128 cm³/mol. The predicted octanol–water partition coefficient (Wildman–Crippen LogP) is 5.34. The van der Waals surface area contributed by atoms with Gasteiger partial charge in [-0.15, -0.1) is 0 Å². The third-order valence-electron chi connectivity index (χ3n) is 6.11. The van der Waals surface area contributed by atoms with Gasteiger partial charge in [-0.25, -0.2) is 14.8 Å². The molecule has 1 aliphatic rings. The molecule has 9 heteroatoms. The fourth-order valence-corrected chi connectivity index (χ4v) is 4.27. The lowest BCUT2D eigenvalue weighted by atomic mass is 10.0. The van der Waals surface area contributed by atoms with Crippen molar-refractivity contribution in [1.29, 1.82) is 0 Å². The molecule has 6 nitrogen and oxygen atoms in total. The summed E-state index contributed by atoms with van der Waals surface area (Å²) in [6.45, 7) is 2.35. The molecule has 0 amide bonds. The van der Waals surface area contributed by atoms with E-state index in [-0.39, 0.29) is 5.56 Å². The number of alkyl halides is 3. The van der Waals surface area contributed by atoms with Crippen molar-refractivity contribution in [2.45, 2.75) is 6.18 Å². The van der Waals surface area contributed by atoms with Crippen LogP contribution in [0.25, 0.3) is 22.2 Å². The van der Waals surface area contributed by atoms with Crippen LogP contribution < -0.4 is 9.80 Å². The van der Waals surface area contributed by atoms with Gasteiger partial charge in [-0.1, -0.05) is 30.3 Å². The summed E-state index contributed by atoms with van der Waals surface area (Å²) in [5.74, 6) is -0.498. The van der Waals surface area contributed by atoms with E-state index in [1.54, 1.807) is 18.2 Å². The second-order valence-corrected chi connectivity index (χ2v) is 8.31. The molecule has 0 radical (unpaired) electrons. The van der Waals surface area contributed by atoms with Crippen molar-refractivity contribution >= 4 is 28.4 Å². The van der Waals surface area contributed by atoms with Gasteiger partial charge in [0, 0.05) is 43.3 Å². The zero-order valence-electron chi connectivity index (χ0n) is 18.5. The van der Waals surface area contributed by atoms with Crippen LogP contribution in [-0.2, 0) is 6.18 Å². The number of benzene rings is 2. The lowest BCUT2D eigenvalue weighted by molar-refractivity contribution is -0.137. The number of rotatable bonds is 4. The van der Waals surface area contributed by atoms with E-state index in [9.17, 15) is 23.1 Å². The van der Waals surface area contributed by atoms with Crippen molar-refractivity contribution in [3.05, 3.63) is 84.1 Å². The number of aromatic carboxylic acids is 1. The second-order valence-electron chi connectivity index (χ2n) is 8.31. The Morgan fingerprint density at radius 2 is 1.60 bits per heavy atom. The zero-order chi connectivity index (χ0) is 24.6. The molecule has 0 atom stereocenters. The number of halogens is 3. The maximum atomic E-state index is 12.9. The number of aromatic nitrogens is 2. The van der Waals surface area contributed by atoms with Crippen LogP contribution in [0, 0.1) is 0 Å². The molecule has 35 heavy (non-hydrogen) atoms. The maximum Gasteiger partial charge on any atom is 0.417 e. The van der Waals surface area contributed by atoms with Gasteiger partial charge in [0.25, 0.3) is 0 Å². The second kappa shape index (κ2) is 8.90. The first-order valence-corrected chi connectivity index (χ1v) is 11.1. The Hall–Kier alpha value is -4.14. The van der Waals surface area contributed by atoms with Crippen molar-refractivity contribution in [3.8, 4) is 11.3 Å². The largest absolute Gasteiger partial charge is 0.478 e. The van der Waals surface area contributed by atoms with E-state index in [1.807, 2.05) is 41.3 Å². The minimum Gasteiger partial charge on any atom is -0.478 e. The molecule has 2 aromatic heterocycles. The topological polar surface area (TPSA) is 69.6 Å². The van der Waals surface area contributed by atoms with E-state index in [1.165, 1.54) is 6.07 Å². The molecule has 0 bridgehead atoms. The molecule has 178 valence electrons. The van der Waals surface area contributed by atoms with Gasteiger partial charge in [0.05, 0.1) is 28.0 Å². The number of hydrogen-bond donors (Lipinski definition) is 1. The summed E-state index contributed by atoms with van der Waals surface area (Å²) >= 11 is 0.